The van der Waals surface area contributed by atoms with Gasteiger partial charge in [-0.3, -0.25) is 9.69 Å². The molecule has 2 aromatic carbocycles. The second-order valence-corrected chi connectivity index (χ2v) is 8.18. The van der Waals surface area contributed by atoms with Crippen molar-refractivity contribution in [2.24, 2.45) is 0 Å². The largest absolute Gasteiger partial charge is 0.497 e. The third kappa shape index (κ3) is 4.15. The summed E-state index contributed by atoms with van der Waals surface area (Å²) in [5.74, 6) is 1.86. The van der Waals surface area contributed by atoms with E-state index in [-0.39, 0.29) is 5.91 Å². The van der Waals surface area contributed by atoms with Gasteiger partial charge >= 0.3 is 0 Å². The number of carbonyl (C=O) groups excluding carboxylic acids is 1. The Hall–Kier alpha value is -3.34. The molecule has 0 radical (unpaired) electrons. The van der Waals surface area contributed by atoms with Crippen molar-refractivity contribution in [3.05, 3.63) is 82.5 Å². The van der Waals surface area contributed by atoms with Crippen LogP contribution in [-0.4, -0.2) is 22.2 Å². The number of ether oxygens (including phenoxy) is 1. The van der Waals surface area contributed by atoms with Crippen molar-refractivity contribution >= 4 is 40.3 Å². The molecule has 1 aliphatic rings. The highest BCUT2D eigenvalue weighted by atomic mass is 32.2. The smallest absolute Gasteiger partial charge is 0.266 e. The zero-order valence-corrected chi connectivity index (χ0v) is 17.6. The molecule has 1 fully saturated rings. The topological polar surface area (TPSA) is 66.5 Å². The van der Waals surface area contributed by atoms with E-state index in [2.05, 4.69) is 6.07 Å². The Morgan fingerprint density at radius 1 is 1.13 bits per heavy atom. The minimum Gasteiger partial charge on any atom is -0.497 e. The summed E-state index contributed by atoms with van der Waals surface area (Å²) in [5.41, 5.74) is 2.42. The standard InChI is InChI=1S/C23H16N2O3S2/c1-27-18-8-4-16(5-9-18)14-25-22(26)21(30-23(25)29)12-19-10-11-20(28-19)17-6-2-15(13-24)3-7-17/h2-12H,14H2,1H3/b21-12+. The highest BCUT2D eigenvalue weighted by Crippen LogP contribution is 2.34. The number of nitrogens with zero attached hydrogens (tertiary/aromatic N) is 2. The molecule has 1 aromatic heterocycles. The lowest BCUT2D eigenvalue weighted by Gasteiger charge is -2.14. The maximum absolute atomic E-state index is 12.8. The maximum Gasteiger partial charge on any atom is 0.266 e. The number of hydrogen-bond donors (Lipinski definition) is 0. The van der Waals surface area contributed by atoms with E-state index in [1.165, 1.54) is 11.8 Å². The molecule has 0 spiro atoms. The molecule has 30 heavy (non-hydrogen) atoms. The number of nitriles is 1. The Balaban J connectivity index is 1.50. The summed E-state index contributed by atoms with van der Waals surface area (Å²) in [4.78, 5) is 15.0. The van der Waals surface area contributed by atoms with Crippen molar-refractivity contribution in [3.63, 3.8) is 0 Å². The second-order valence-electron chi connectivity index (χ2n) is 6.51. The highest BCUT2D eigenvalue weighted by Gasteiger charge is 2.32. The van der Waals surface area contributed by atoms with Crippen LogP contribution in [0.25, 0.3) is 17.4 Å². The zero-order chi connectivity index (χ0) is 21.1. The first-order chi connectivity index (χ1) is 14.6. The van der Waals surface area contributed by atoms with Gasteiger partial charge in [-0.2, -0.15) is 5.26 Å². The Morgan fingerprint density at radius 3 is 2.53 bits per heavy atom. The van der Waals surface area contributed by atoms with Gasteiger partial charge in [0.15, 0.2) is 0 Å². The molecule has 5 nitrogen and oxygen atoms in total. The molecule has 4 rings (SSSR count). The number of amides is 1. The molecule has 1 saturated heterocycles. The first-order valence-electron chi connectivity index (χ1n) is 9.06. The van der Waals surface area contributed by atoms with Crippen molar-refractivity contribution in [2.45, 2.75) is 6.54 Å². The van der Waals surface area contributed by atoms with Gasteiger partial charge in [-0.05, 0) is 54.1 Å². The van der Waals surface area contributed by atoms with Crippen LogP contribution in [0.15, 0.2) is 70.0 Å². The fourth-order valence-corrected chi connectivity index (χ4v) is 4.21. The quantitative estimate of drug-likeness (QED) is 0.406. The van der Waals surface area contributed by atoms with E-state index >= 15 is 0 Å². The van der Waals surface area contributed by atoms with E-state index in [1.807, 2.05) is 48.5 Å². The monoisotopic (exact) mass is 432 g/mol. The van der Waals surface area contributed by atoms with Gasteiger partial charge in [0.1, 0.15) is 21.6 Å². The lowest BCUT2D eigenvalue weighted by Crippen LogP contribution is -2.27. The van der Waals surface area contributed by atoms with Crippen LogP contribution in [0.4, 0.5) is 0 Å². The number of carbonyl (C=O) groups is 1. The fourth-order valence-electron chi connectivity index (χ4n) is 2.97. The Kier molecular flexibility index (Phi) is 5.70. The van der Waals surface area contributed by atoms with Gasteiger partial charge in [0, 0.05) is 11.6 Å². The van der Waals surface area contributed by atoms with Crippen molar-refractivity contribution in [2.75, 3.05) is 7.11 Å². The lowest BCUT2D eigenvalue weighted by atomic mass is 10.1. The average molecular weight is 433 g/mol. The van der Waals surface area contributed by atoms with Gasteiger partial charge < -0.3 is 9.15 Å². The van der Waals surface area contributed by atoms with Crippen LogP contribution in [0.5, 0.6) is 5.75 Å². The lowest BCUT2D eigenvalue weighted by molar-refractivity contribution is -0.122. The summed E-state index contributed by atoms with van der Waals surface area (Å²) in [7, 11) is 1.61. The van der Waals surface area contributed by atoms with Gasteiger partial charge in [-0.15, -0.1) is 0 Å². The number of methoxy groups -OCH3 is 1. The Morgan fingerprint density at radius 2 is 1.87 bits per heavy atom. The second kappa shape index (κ2) is 8.57. The molecule has 3 aromatic rings. The molecule has 0 aliphatic carbocycles. The predicted molar refractivity (Wildman–Crippen MR) is 121 cm³/mol. The molecule has 0 N–H and O–H groups in total. The van der Waals surface area contributed by atoms with Crippen LogP contribution >= 0.6 is 24.0 Å². The summed E-state index contributed by atoms with van der Waals surface area (Å²) >= 11 is 6.67. The van der Waals surface area contributed by atoms with Crippen LogP contribution in [0.2, 0.25) is 0 Å². The molecule has 148 valence electrons. The highest BCUT2D eigenvalue weighted by molar-refractivity contribution is 8.26. The third-order valence-electron chi connectivity index (χ3n) is 4.57. The van der Waals surface area contributed by atoms with Crippen molar-refractivity contribution < 1.29 is 13.9 Å². The summed E-state index contributed by atoms with van der Waals surface area (Å²) in [6.07, 6.45) is 1.71. The van der Waals surface area contributed by atoms with Gasteiger partial charge in [0.25, 0.3) is 5.91 Å². The SMILES string of the molecule is COc1ccc(CN2C(=O)/C(=C\c3ccc(-c4ccc(C#N)cc4)o3)SC2=S)cc1. The van der Waals surface area contributed by atoms with E-state index in [9.17, 15) is 4.79 Å². The van der Waals surface area contributed by atoms with E-state index in [1.54, 1.807) is 30.2 Å². The van der Waals surface area contributed by atoms with E-state index in [0.29, 0.717) is 32.9 Å². The number of furan rings is 1. The number of thiocarbonyl (C=S) groups is 1. The van der Waals surface area contributed by atoms with Crippen LogP contribution in [-0.2, 0) is 11.3 Å². The minimum absolute atomic E-state index is 0.142. The van der Waals surface area contributed by atoms with Gasteiger partial charge in [0.05, 0.1) is 30.2 Å². The Labute approximate surface area is 183 Å². The van der Waals surface area contributed by atoms with Crippen LogP contribution in [0, 0.1) is 11.3 Å². The van der Waals surface area contributed by atoms with Crippen molar-refractivity contribution in [1.29, 1.82) is 5.26 Å². The molecule has 7 heteroatoms. The van der Waals surface area contributed by atoms with Crippen molar-refractivity contribution in [3.8, 4) is 23.1 Å². The van der Waals surface area contributed by atoms with E-state index in [4.69, 9.17) is 26.6 Å². The maximum atomic E-state index is 12.8. The predicted octanol–water partition coefficient (Wildman–Crippen LogP) is 5.23. The van der Waals surface area contributed by atoms with Crippen LogP contribution in [0.3, 0.4) is 0 Å². The van der Waals surface area contributed by atoms with Crippen LogP contribution < -0.4 is 4.74 Å². The van der Waals surface area contributed by atoms with E-state index < -0.39 is 0 Å². The van der Waals surface area contributed by atoms with Gasteiger partial charge in [0.2, 0.25) is 0 Å². The third-order valence-corrected chi connectivity index (χ3v) is 5.95. The first kappa shape index (κ1) is 20.0. The molecule has 0 atom stereocenters. The number of benzene rings is 2. The van der Waals surface area contributed by atoms with Crippen LogP contribution in [0.1, 0.15) is 16.9 Å². The number of hydrogen-bond acceptors (Lipinski definition) is 6. The summed E-state index contributed by atoms with van der Waals surface area (Å²) < 4.78 is 11.5. The summed E-state index contributed by atoms with van der Waals surface area (Å²) in [5, 5.41) is 8.91. The molecule has 0 bridgehead atoms. The van der Waals surface area contributed by atoms with Gasteiger partial charge in [-0.1, -0.05) is 36.1 Å². The number of thioether (sulfide) groups is 1. The van der Waals surface area contributed by atoms with Crippen molar-refractivity contribution in [1.82, 2.24) is 4.90 Å². The molecule has 2 heterocycles. The molecule has 0 saturated carbocycles. The zero-order valence-electron chi connectivity index (χ0n) is 16.0. The number of rotatable bonds is 5. The molecule has 1 amide bonds. The van der Waals surface area contributed by atoms with Gasteiger partial charge in [-0.25, -0.2) is 0 Å². The van der Waals surface area contributed by atoms with E-state index in [0.717, 1.165) is 16.9 Å². The molecule has 1 aliphatic heterocycles. The Bertz CT molecular complexity index is 1170. The minimum atomic E-state index is -0.142. The molecular weight excluding hydrogens is 416 g/mol. The molecular formula is C23H16N2O3S2. The first-order valence-corrected chi connectivity index (χ1v) is 10.3. The average Bonchev–Trinajstić information content (AvgIpc) is 3.35. The summed E-state index contributed by atoms with van der Waals surface area (Å²) in [6, 6.07) is 20.4. The fraction of sp³-hybridized carbons (Fsp3) is 0.0870. The normalized spacial score (nSPS) is 14.9. The molecule has 0 unspecified atom stereocenters. The summed E-state index contributed by atoms with van der Waals surface area (Å²) in [6.45, 7) is 0.403.